The molecule has 7 heteroatoms. The van der Waals surface area contributed by atoms with Gasteiger partial charge in [0.05, 0.1) is 15.7 Å². The number of anilines is 2. The van der Waals surface area contributed by atoms with Crippen molar-refractivity contribution >= 4 is 45.5 Å². The highest BCUT2D eigenvalue weighted by Gasteiger charge is 2.20. The fourth-order valence-electron chi connectivity index (χ4n) is 2.88. The quantitative estimate of drug-likeness (QED) is 0.279. The Morgan fingerprint density at radius 1 is 0.963 bits per heavy atom. The van der Waals surface area contributed by atoms with Gasteiger partial charge in [-0.25, -0.2) is 0 Å². The van der Waals surface area contributed by atoms with E-state index in [9.17, 15) is 10.2 Å². The lowest BCUT2D eigenvalue weighted by Gasteiger charge is -2.15. The van der Waals surface area contributed by atoms with E-state index in [4.69, 9.17) is 27.7 Å². The van der Waals surface area contributed by atoms with Gasteiger partial charge >= 0.3 is 0 Å². The van der Waals surface area contributed by atoms with Crippen LogP contribution in [0, 0.1) is 6.92 Å². The molecule has 0 aliphatic carbocycles. The van der Waals surface area contributed by atoms with Crippen molar-refractivity contribution in [3.63, 3.8) is 0 Å². The lowest BCUT2D eigenvalue weighted by Crippen LogP contribution is -1.95. The topological polar surface area (TPSA) is 78.5 Å². The number of aromatic nitrogens is 1. The SMILES string of the molecule is Cc1c(O)c(Nc2ccc(Cl)c(Cl)c2)cc(-c2noc3ccccc23)c1O. The third-order valence-electron chi connectivity index (χ3n) is 4.34. The molecule has 27 heavy (non-hydrogen) atoms. The molecule has 0 unspecified atom stereocenters. The van der Waals surface area contributed by atoms with Crippen LogP contribution in [-0.4, -0.2) is 15.4 Å². The second-order valence-corrected chi connectivity index (χ2v) is 6.89. The predicted octanol–water partition coefficient (Wildman–Crippen LogP) is 6.26. The Labute approximate surface area is 164 Å². The summed E-state index contributed by atoms with van der Waals surface area (Å²) in [6.45, 7) is 1.62. The third-order valence-corrected chi connectivity index (χ3v) is 5.08. The van der Waals surface area contributed by atoms with Crippen molar-refractivity contribution in [3.8, 4) is 22.8 Å². The zero-order valence-corrected chi connectivity index (χ0v) is 15.6. The molecule has 0 bridgehead atoms. The van der Waals surface area contributed by atoms with Crippen molar-refractivity contribution in [1.82, 2.24) is 5.16 Å². The van der Waals surface area contributed by atoms with Crippen LogP contribution in [-0.2, 0) is 0 Å². The molecule has 136 valence electrons. The zero-order valence-electron chi connectivity index (χ0n) is 14.1. The van der Waals surface area contributed by atoms with Gasteiger partial charge in [-0.05, 0) is 43.3 Å². The molecule has 0 radical (unpaired) electrons. The normalized spacial score (nSPS) is 11.1. The number of phenolic OH excluding ortho intramolecular Hbond substituents is 2. The van der Waals surface area contributed by atoms with E-state index in [1.165, 1.54) is 0 Å². The van der Waals surface area contributed by atoms with Gasteiger partial charge in [0.25, 0.3) is 0 Å². The monoisotopic (exact) mass is 400 g/mol. The minimum absolute atomic E-state index is 0.0637. The second-order valence-electron chi connectivity index (χ2n) is 6.08. The molecule has 0 atom stereocenters. The van der Waals surface area contributed by atoms with E-state index in [-0.39, 0.29) is 11.5 Å². The summed E-state index contributed by atoms with van der Waals surface area (Å²) in [6.07, 6.45) is 0. The summed E-state index contributed by atoms with van der Waals surface area (Å²) < 4.78 is 5.34. The molecule has 3 aromatic carbocycles. The number of nitrogens with zero attached hydrogens (tertiary/aromatic N) is 1. The summed E-state index contributed by atoms with van der Waals surface area (Å²) in [5.41, 5.74) is 2.89. The van der Waals surface area contributed by atoms with E-state index >= 15 is 0 Å². The number of nitrogens with one attached hydrogen (secondary N) is 1. The molecule has 0 fully saturated rings. The van der Waals surface area contributed by atoms with Gasteiger partial charge in [-0.2, -0.15) is 0 Å². The number of hydrogen-bond donors (Lipinski definition) is 3. The Morgan fingerprint density at radius 3 is 2.52 bits per heavy atom. The van der Waals surface area contributed by atoms with Crippen molar-refractivity contribution in [2.75, 3.05) is 5.32 Å². The Kier molecular flexibility index (Phi) is 4.34. The van der Waals surface area contributed by atoms with Crippen molar-refractivity contribution in [1.29, 1.82) is 0 Å². The van der Waals surface area contributed by atoms with Crippen LogP contribution in [0.25, 0.3) is 22.2 Å². The molecule has 0 aliphatic heterocycles. The van der Waals surface area contributed by atoms with Gasteiger partial charge in [0.2, 0.25) is 0 Å². The Hall–Kier alpha value is -2.89. The number of aromatic hydroxyl groups is 2. The van der Waals surface area contributed by atoms with E-state index in [0.717, 1.165) is 5.39 Å². The van der Waals surface area contributed by atoms with Gasteiger partial charge in [-0.1, -0.05) is 40.5 Å². The molecule has 1 aromatic heterocycles. The summed E-state index contributed by atoms with van der Waals surface area (Å²) in [5.74, 6) is -0.138. The van der Waals surface area contributed by atoms with E-state index < -0.39 is 0 Å². The zero-order chi connectivity index (χ0) is 19.1. The number of para-hydroxylation sites is 1. The lowest BCUT2D eigenvalue weighted by molar-refractivity contribution is 0.442. The predicted molar refractivity (Wildman–Crippen MR) is 107 cm³/mol. The van der Waals surface area contributed by atoms with Gasteiger partial charge in [-0.3, -0.25) is 0 Å². The summed E-state index contributed by atoms with van der Waals surface area (Å²) in [6, 6.07) is 14.0. The molecule has 0 saturated carbocycles. The lowest BCUT2D eigenvalue weighted by atomic mass is 10.0. The summed E-state index contributed by atoms with van der Waals surface area (Å²) in [5, 5.41) is 29.8. The number of phenols is 2. The Morgan fingerprint density at radius 2 is 1.74 bits per heavy atom. The fraction of sp³-hybridized carbons (Fsp3) is 0.0500. The van der Waals surface area contributed by atoms with Crippen LogP contribution in [0.1, 0.15) is 5.56 Å². The molecule has 3 N–H and O–H groups in total. The highest BCUT2D eigenvalue weighted by molar-refractivity contribution is 6.42. The van der Waals surface area contributed by atoms with E-state index in [2.05, 4.69) is 10.5 Å². The van der Waals surface area contributed by atoms with Gasteiger partial charge in [0, 0.05) is 22.2 Å². The van der Waals surface area contributed by atoms with Gasteiger partial charge in [0.1, 0.15) is 17.2 Å². The maximum Gasteiger partial charge on any atom is 0.167 e. The molecule has 0 saturated heterocycles. The average molecular weight is 401 g/mol. The van der Waals surface area contributed by atoms with Crippen molar-refractivity contribution < 1.29 is 14.7 Å². The van der Waals surface area contributed by atoms with Crippen LogP contribution in [0.4, 0.5) is 11.4 Å². The first-order valence-electron chi connectivity index (χ1n) is 8.08. The maximum atomic E-state index is 10.6. The van der Waals surface area contributed by atoms with Crippen LogP contribution >= 0.6 is 23.2 Å². The smallest absolute Gasteiger partial charge is 0.167 e. The molecule has 0 amide bonds. The second kappa shape index (κ2) is 6.68. The number of hydrogen-bond acceptors (Lipinski definition) is 5. The third kappa shape index (κ3) is 3.05. The first-order chi connectivity index (χ1) is 13.0. The molecule has 5 nitrogen and oxygen atoms in total. The number of fused-ring (bicyclic) bond motifs is 1. The largest absolute Gasteiger partial charge is 0.507 e. The minimum Gasteiger partial charge on any atom is -0.507 e. The average Bonchev–Trinajstić information content (AvgIpc) is 3.09. The first-order valence-corrected chi connectivity index (χ1v) is 8.83. The first kappa shape index (κ1) is 17.5. The highest BCUT2D eigenvalue weighted by Crippen LogP contribution is 2.44. The van der Waals surface area contributed by atoms with Crippen LogP contribution in [0.5, 0.6) is 11.5 Å². The molecule has 1 heterocycles. The molecule has 0 spiro atoms. The van der Waals surface area contributed by atoms with Gasteiger partial charge in [0.15, 0.2) is 5.58 Å². The van der Waals surface area contributed by atoms with Crippen molar-refractivity contribution in [2.24, 2.45) is 0 Å². The summed E-state index contributed by atoms with van der Waals surface area (Å²) >= 11 is 12.0. The standard InChI is InChI=1S/C20H14Cl2N2O3/c1-10-19(25)13(18-12-4-2-3-5-17(12)27-24-18)9-16(20(10)26)23-11-6-7-14(21)15(22)8-11/h2-9,23,25-26H,1H3. The maximum absolute atomic E-state index is 10.6. The molecular weight excluding hydrogens is 387 g/mol. The van der Waals surface area contributed by atoms with Crippen LogP contribution < -0.4 is 5.32 Å². The number of rotatable bonds is 3. The highest BCUT2D eigenvalue weighted by atomic mass is 35.5. The molecular formula is C20H14Cl2N2O3. The van der Waals surface area contributed by atoms with Crippen LogP contribution in [0.15, 0.2) is 53.1 Å². The number of halogens is 2. The van der Waals surface area contributed by atoms with E-state index in [1.54, 1.807) is 37.3 Å². The molecule has 4 rings (SSSR count). The van der Waals surface area contributed by atoms with E-state index in [1.807, 2.05) is 18.2 Å². The van der Waals surface area contributed by atoms with Crippen molar-refractivity contribution in [3.05, 3.63) is 64.1 Å². The summed E-state index contributed by atoms with van der Waals surface area (Å²) in [4.78, 5) is 0. The fourth-order valence-corrected chi connectivity index (χ4v) is 3.18. The van der Waals surface area contributed by atoms with Crippen molar-refractivity contribution in [2.45, 2.75) is 6.92 Å². The molecule has 4 aromatic rings. The van der Waals surface area contributed by atoms with Gasteiger partial charge < -0.3 is 20.1 Å². The summed E-state index contributed by atoms with van der Waals surface area (Å²) in [7, 11) is 0. The van der Waals surface area contributed by atoms with Crippen LogP contribution in [0.3, 0.4) is 0 Å². The Balaban J connectivity index is 1.85. The van der Waals surface area contributed by atoms with E-state index in [0.29, 0.717) is 43.8 Å². The Bertz CT molecular complexity index is 1170. The van der Waals surface area contributed by atoms with Crippen LogP contribution in [0.2, 0.25) is 10.0 Å². The van der Waals surface area contributed by atoms with Gasteiger partial charge in [-0.15, -0.1) is 0 Å². The molecule has 0 aliphatic rings. The minimum atomic E-state index is -0.0740. The number of benzene rings is 3.